The van der Waals surface area contributed by atoms with Crippen LogP contribution >= 0.6 is 0 Å². The summed E-state index contributed by atoms with van der Waals surface area (Å²) in [5, 5.41) is 8.71. The molecule has 1 aromatic heterocycles. The Hall–Kier alpha value is -2.21. The van der Waals surface area contributed by atoms with Crippen LogP contribution in [0.4, 0.5) is 4.39 Å². The third-order valence-corrected chi connectivity index (χ3v) is 3.12. The van der Waals surface area contributed by atoms with Crippen molar-refractivity contribution in [3.8, 4) is 11.5 Å². The van der Waals surface area contributed by atoms with Crippen LogP contribution < -0.4 is 0 Å². The van der Waals surface area contributed by atoms with Gasteiger partial charge in [0.15, 0.2) is 0 Å². The standard InChI is InChI=1S/C15H17FN2O3/c1-2-18(8-7-14(19)20)9-13-10-21-15(17-13)11-3-5-12(16)6-4-11/h3-6,10H,2,7-9H2,1H3,(H,19,20). The summed E-state index contributed by atoms with van der Waals surface area (Å²) in [7, 11) is 0. The number of aliphatic carboxylic acids is 1. The van der Waals surface area contributed by atoms with Crippen molar-refractivity contribution in [1.29, 1.82) is 0 Å². The van der Waals surface area contributed by atoms with Gasteiger partial charge >= 0.3 is 5.97 Å². The Bertz CT molecular complexity index is 595. The Labute approximate surface area is 122 Å². The van der Waals surface area contributed by atoms with E-state index in [1.54, 1.807) is 18.4 Å². The van der Waals surface area contributed by atoms with Gasteiger partial charge in [0.1, 0.15) is 12.1 Å². The third-order valence-electron chi connectivity index (χ3n) is 3.12. The highest BCUT2D eigenvalue weighted by Gasteiger charge is 2.11. The van der Waals surface area contributed by atoms with E-state index in [2.05, 4.69) is 4.98 Å². The Morgan fingerprint density at radius 2 is 2.10 bits per heavy atom. The fourth-order valence-corrected chi connectivity index (χ4v) is 1.94. The zero-order chi connectivity index (χ0) is 15.2. The molecule has 0 unspecified atom stereocenters. The van der Waals surface area contributed by atoms with E-state index >= 15 is 0 Å². The molecular formula is C15H17FN2O3. The van der Waals surface area contributed by atoms with E-state index in [-0.39, 0.29) is 12.2 Å². The molecule has 112 valence electrons. The van der Waals surface area contributed by atoms with Crippen LogP contribution in [0.15, 0.2) is 34.9 Å². The van der Waals surface area contributed by atoms with E-state index in [0.29, 0.717) is 24.5 Å². The van der Waals surface area contributed by atoms with Gasteiger partial charge < -0.3 is 9.52 Å². The molecule has 0 radical (unpaired) electrons. The topological polar surface area (TPSA) is 66.6 Å². The number of halogens is 1. The van der Waals surface area contributed by atoms with E-state index in [9.17, 15) is 9.18 Å². The van der Waals surface area contributed by atoms with Gasteiger partial charge in [-0.25, -0.2) is 9.37 Å². The predicted molar refractivity (Wildman–Crippen MR) is 75.1 cm³/mol. The maximum Gasteiger partial charge on any atom is 0.304 e. The molecule has 1 heterocycles. The molecule has 2 rings (SSSR count). The Balaban J connectivity index is 2.01. The summed E-state index contributed by atoms with van der Waals surface area (Å²) in [4.78, 5) is 16.9. The van der Waals surface area contributed by atoms with Crippen molar-refractivity contribution in [2.45, 2.75) is 19.9 Å². The van der Waals surface area contributed by atoms with E-state index in [1.807, 2.05) is 11.8 Å². The Kier molecular flexibility index (Phi) is 5.05. The number of rotatable bonds is 7. The zero-order valence-electron chi connectivity index (χ0n) is 11.8. The van der Waals surface area contributed by atoms with Crippen LogP contribution in [0.25, 0.3) is 11.5 Å². The number of nitrogens with zero attached hydrogens (tertiary/aromatic N) is 2. The van der Waals surface area contributed by atoms with Crippen LogP contribution in [0, 0.1) is 5.82 Å². The summed E-state index contributed by atoms with van der Waals surface area (Å²) in [5.74, 6) is -0.698. The molecule has 0 amide bonds. The summed E-state index contributed by atoms with van der Waals surface area (Å²) in [5.41, 5.74) is 1.43. The van der Waals surface area contributed by atoms with Crippen molar-refractivity contribution in [1.82, 2.24) is 9.88 Å². The highest BCUT2D eigenvalue weighted by Crippen LogP contribution is 2.19. The van der Waals surface area contributed by atoms with Crippen LogP contribution in [0.1, 0.15) is 19.0 Å². The molecule has 0 aliphatic rings. The van der Waals surface area contributed by atoms with Gasteiger partial charge in [0.2, 0.25) is 5.89 Å². The second kappa shape index (κ2) is 6.99. The summed E-state index contributed by atoms with van der Waals surface area (Å²) in [6.45, 7) is 3.67. The molecule has 1 N–H and O–H groups in total. The molecule has 21 heavy (non-hydrogen) atoms. The minimum Gasteiger partial charge on any atom is -0.481 e. The largest absolute Gasteiger partial charge is 0.481 e. The lowest BCUT2D eigenvalue weighted by Crippen LogP contribution is -2.25. The number of carboxylic acid groups (broad SMARTS) is 1. The monoisotopic (exact) mass is 292 g/mol. The molecule has 0 aliphatic heterocycles. The van der Waals surface area contributed by atoms with Crippen molar-refractivity contribution in [2.24, 2.45) is 0 Å². The van der Waals surface area contributed by atoms with E-state index < -0.39 is 5.97 Å². The molecule has 2 aromatic rings. The second-order valence-corrected chi connectivity index (χ2v) is 4.66. The van der Waals surface area contributed by atoms with E-state index in [0.717, 1.165) is 12.2 Å². The maximum atomic E-state index is 12.9. The molecule has 0 fully saturated rings. The van der Waals surface area contributed by atoms with Gasteiger partial charge in [-0.3, -0.25) is 9.69 Å². The molecule has 0 spiro atoms. The average molecular weight is 292 g/mol. The number of aromatic nitrogens is 1. The van der Waals surface area contributed by atoms with Crippen LogP contribution in [0.5, 0.6) is 0 Å². The molecule has 5 nitrogen and oxygen atoms in total. The van der Waals surface area contributed by atoms with Crippen LogP contribution in [0.3, 0.4) is 0 Å². The number of hydrogen-bond acceptors (Lipinski definition) is 4. The van der Waals surface area contributed by atoms with Crippen LogP contribution in [0.2, 0.25) is 0 Å². The minimum absolute atomic E-state index is 0.0938. The third kappa shape index (κ3) is 4.39. The molecule has 0 saturated carbocycles. The van der Waals surface area contributed by atoms with Gasteiger partial charge in [-0.05, 0) is 30.8 Å². The van der Waals surface area contributed by atoms with Gasteiger partial charge in [0.25, 0.3) is 0 Å². The summed E-state index contributed by atoms with van der Waals surface area (Å²) < 4.78 is 18.3. The number of benzene rings is 1. The molecule has 0 bridgehead atoms. The lowest BCUT2D eigenvalue weighted by Gasteiger charge is -2.17. The van der Waals surface area contributed by atoms with Crippen molar-refractivity contribution in [3.05, 3.63) is 42.0 Å². The molecule has 6 heteroatoms. The van der Waals surface area contributed by atoms with Gasteiger partial charge in [0, 0.05) is 18.7 Å². The minimum atomic E-state index is -0.819. The van der Waals surface area contributed by atoms with Crippen molar-refractivity contribution in [2.75, 3.05) is 13.1 Å². The fourth-order valence-electron chi connectivity index (χ4n) is 1.94. The second-order valence-electron chi connectivity index (χ2n) is 4.66. The average Bonchev–Trinajstić information content (AvgIpc) is 2.92. The zero-order valence-corrected chi connectivity index (χ0v) is 11.8. The number of carbonyl (C=O) groups is 1. The smallest absolute Gasteiger partial charge is 0.304 e. The summed E-state index contributed by atoms with van der Waals surface area (Å²) in [6, 6.07) is 5.91. The Morgan fingerprint density at radius 1 is 1.38 bits per heavy atom. The van der Waals surface area contributed by atoms with E-state index in [4.69, 9.17) is 9.52 Å². The molecule has 0 saturated heterocycles. The first-order valence-electron chi connectivity index (χ1n) is 6.73. The molecular weight excluding hydrogens is 275 g/mol. The lowest BCUT2D eigenvalue weighted by molar-refractivity contribution is -0.137. The first kappa shape index (κ1) is 15.2. The van der Waals surface area contributed by atoms with Crippen LogP contribution in [-0.2, 0) is 11.3 Å². The van der Waals surface area contributed by atoms with Gasteiger partial charge in [0.05, 0.1) is 12.1 Å². The molecule has 0 atom stereocenters. The lowest BCUT2D eigenvalue weighted by atomic mass is 10.2. The number of carboxylic acids is 1. The van der Waals surface area contributed by atoms with Gasteiger partial charge in [-0.2, -0.15) is 0 Å². The first-order chi connectivity index (χ1) is 10.1. The number of hydrogen-bond donors (Lipinski definition) is 1. The normalized spacial score (nSPS) is 11.0. The number of oxazole rings is 1. The molecule has 0 aliphatic carbocycles. The highest BCUT2D eigenvalue weighted by atomic mass is 19.1. The maximum absolute atomic E-state index is 12.9. The Morgan fingerprint density at radius 3 is 2.71 bits per heavy atom. The SMILES string of the molecule is CCN(CCC(=O)O)Cc1coc(-c2ccc(F)cc2)n1. The van der Waals surface area contributed by atoms with Gasteiger partial charge in [-0.1, -0.05) is 6.92 Å². The van der Waals surface area contributed by atoms with Crippen molar-refractivity contribution < 1.29 is 18.7 Å². The predicted octanol–water partition coefficient (Wildman–Crippen LogP) is 2.78. The first-order valence-corrected chi connectivity index (χ1v) is 6.73. The summed E-state index contributed by atoms with van der Waals surface area (Å²) >= 11 is 0. The summed E-state index contributed by atoms with van der Waals surface area (Å²) in [6.07, 6.45) is 1.64. The quantitative estimate of drug-likeness (QED) is 0.850. The van der Waals surface area contributed by atoms with Crippen molar-refractivity contribution >= 4 is 5.97 Å². The molecule has 1 aromatic carbocycles. The highest BCUT2D eigenvalue weighted by molar-refractivity contribution is 5.66. The van der Waals surface area contributed by atoms with Gasteiger partial charge in [-0.15, -0.1) is 0 Å². The van der Waals surface area contributed by atoms with Crippen LogP contribution in [-0.4, -0.2) is 34.0 Å². The van der Waals surface area contributed by atoms with Crippen molar-refractivity contribution in [3.63, 3.8) is 0 Å². The fraction of sp³-hybridized carbons (Fsp3) is 0.333. The van der Waals surface area contributed by atoms with E-state index in [1.165, 1.54) is 12.1 Å².